The third-order valence-corrected chi connectivity index (χ3v) is 4.26. The highest BCUT2D eigenvalue weighted by atomic mass is 127. The minimum Gasteiger partial charge on any atom is -0.357 e. The second-order valence-electron chi connectivity index (χ2n) is 5.06. The van der Waals surface area contributed by atoms with Gasteiger partial charge in [-0.05, 0) is 36.9 Å². The molecule has 0 aliphatic carbocycles. The minimum atomic E-state index is 0. The van der Waals surface area contributed by atoms with Crippen molar-refractivity contribution in [1.82, 2.24) is 15.2 Å². The first kappa shape index (κ1) is 19.9. The number of likely N-dealkylation sites (N-methyl/N-ethyl adjacent to an activating group) is 1. The molecule has 0 aliphatic rings. The van der Waals surface area contributed by atoms with Gasteiger partial charge in [-0.2, -0.15) is 0 Å². The van der Waals surface area contributed by atoms with E-state index in [1.54, 1.807) is 0 Å². The fraction of sp³-hybridized carbons (Fsp3) is 0.412. The average molecular weight is 444 g/mol. The average Bonchev–Trinajstić information content (AvgIpc) is 3.06. The Morgan fingerprint density at radius 1 is 1.26 bits per heavy atom. The zero-order valence-corrected chi connectivity index (χ0v) is 16.9. The predicted octanol–water partition coefficient (Wildman–Crippen LogP) is 3.44. The molecular formula is C17H25IN4S. The monoisotopic (exact) mass is 444 g/mol. The lowest BCUT2D eigenvalue weighted by molar-refractivity contribution is 0.487. The molecule has 0 aromatic carbocycles. The van der Waals surface area contributed by atoms with Crippen LogP contribution >= 0.6 is 35.3 Å². The summed E-state index contributed by atoms with van der Waals surface area (Å²) < 4.78 is 0. The summed E-state index contributed by atoms with van der Waals surface area (Å²) in [6.45, 7) is 4.70. The van der Waals surface area contributed by atoms with Crippen LogP contribution in [0.5, 0.6) is 0 Å². The highest BCUT2D eigenvalue weighted by Gasteiger charge is 2.06. The summed E-state index contributed by atoms with van der Waals surface area (Å²) in [5, 5.41) is 5.48. The standard InChI is InChI=1S/C17H24N4S.HI/c1-3-18-17(20-12-9-15-7-4-5-11-19-15)21(2)13-10-16-8-6-14-22-16;/h4-8,11,14H,3,9-10,12-13H2,1-2H3,(H,18,20);1H. The van der Waals surface area contributed by atoms with Crippen molar-refractivity contribution in [2.75, 3.05) is 26.7 Å². The molecule has 0 saturated heterocycles. The molecule has 0 aliphatic heterocycles. The molecule has 126 valence electrons. The molecule has 0 fully saturated rings. The van der Waals surface area contributed by atoms with Crippen LogP contribution < -0.4 is 5.32 Å². The number of halogens is 1. The van der Waals surface area contributed by atoms with E-state index in [1.807, 2.05) is 35.7 Å². The molecule has 1 N–H and O–H groups in total. The summed E-state index contributed by atoms with van der Waals surface area (Å²) in [5.74, 6) is 0.968. The number of nitrogens with one attached hydrogen (secondary N) is 1. The summed E-state index contributed by atoms with van der Waals surface area (Å²) in [5.41, 5.74) is 1.09. The van der Waals surface area contributed by atoms with E-state index in [1.165, 1.54) is 4.88 Å². The first-order valence-electron chi connectivity index (χ1n) is 7.71. The van der Waals surface area contributed by atoms with Crippen molar-refractivity contribution < 1.29 is 0 Å². The Labute approximate surface area is 160 Å². The third kappa shape index (κ3) is 7.30. The maximum atomic E-state index is 4.70. The summed E-state index contributed by atoms with van der Waals surface area (Å²) in [4.78, 5) is 12.6. The SMILES string of the molecule is CCNC(=NCCc1ccccn1)N(C)CCc1cccs1.I. The van der Waals surface area contributed by atoms with E-state index in [0.29, 0.717) is 0 Å². The van der Waals surface area contributed by atoms with Crippen molar-refractivity contribution in [3.8, 4) is 0 Å². The Bertz CT molecular complexity index is 557. The van der Waals surface area contributed by atoms with Gasteiger partial charge in [-0.1, -0.05) is 12.1 Å². The van der Waals surface area contributed by atoms with E-state index < -0.39 is 0 Å². The molecule has 0 amide bonds. The number of pyridine rings is 1. The van der Waals surface area contributed by atoms with Crippen molar-refractivity contribution in [2.24, 2.45) is 4.99 Å². The van der Waals surface area contributed by atoms with Crippen LogP contribution in [-0.2, 0) is 12.8 Å². The van der Waals surface area contributed by atoms with Gasteiger partial charge in [-0.3, -0.25) is 9.98 Å². The Morgan fingerprint density at radius 2 is 2.13 bits per heavy atom. The van der Waals surface area contributed by atoms with Gasteiger partial charge in [0.1, 0.15) is 0 Å². The molecule has 2 heterocycles. The van der Waals surface area contributed by atoms with E-state index in [0.717, 1.165) is 44.1 Å². The number of nitrogens with zero attached hydrogens (tertiary/aromatic N) is 3. The first-order chi connectivity index (χ1) is 10.8. The Kier molecular flexibility index (Phi) is 9.86. The summed E-state index contributed by atoms with van der Waals surface area (Å²) in [7, 11) is 2.09. The molecule has 23 heavy (non-hydrogen) atoms. The molecule has 2 aromatic rings. The van der Waals surface area contributed by atoms with Gasteiger partial charge in [-0.25, -0.2) is 0 Å². The number of rotatable bonds is 7. The van der Waals surface area contributed by atoms with E-state index in [-0.39, 0.29) is 24.0 Å². The van der Waals surface area contributed by atoms with E-state index >= 15 is 0 Å². The number of aliphatic imine (C=N–C) groups is 1. The predicted molar refractivity (Wildman–Crippen MR) is 110 cm³/mol. The normalized spacial score (nSPS) is 11.0. The number of aromatic nitrogens is 1. The second-order valence-corrected chi connectivity index (χ2v) is 6.09. The number of hydrogen-bond acceptors (Lipinski definition) is 3. The smallest absolute Gasteiger partial charge is 0.193 e. The molecule has 2 rings (SSSR count). The van der Waals surface area contributed by atoms with Crippen LogP contribution in [0.4, 0.5) is 0 Å². The molecule has 2 aromatic heterocycles. The molecular weight excluding hydrogens is 419 g/mol. The van der Waals surface area contributed by atoms with Gasteiger partial charge in [-0.15, -0.1) is 35.3 Å². The first-order valence-corrected chi connectivity index (χ1v) is 8.59. The Morgan fingerprint density at radius 3 is 2.78 bits per heavy atom. The van der Waals surface area contributed by atoms with E-state index in [4.69, 9.17) is 4.99 Å². The fourth-order valence-electron chi connectivity index (χ4n) is 2.13. The van der Waals surface area contributed by atoms with Crippen molar-refractivity contribution >= 4 is 41.3 Å². The second kappa shape index (κ2) is 11.4. The molecule has 0 unspecified atom stereocenters. The maximum absolute atomic E-state index is 4.70. The van der Waals surface area contributed by atoms with E-state index in [9.17, 15) is 0 Å². The zero-order valence-electron chi connectivity index (χ0n) is 13.7. The Hall–Kier alpha value is -1.15. The minimum absolute atomic E-state index is 0. The van der Waals surface area contributed by atoms with E-state index in [2.05, 4.69) is 46.7 Å². The van der Waals surface area contributed by atoms with Crippen molar-refractivity contribution in [3.63, 3.8) is 0 Å². The topological polar surface area (TPSA) is 40.5 Å². The van der Waals surface area contributed by atoms with Gasteiger partial charge in [0.25, 0.3) is 0 Å². The molecule has 0 atom stereocenters. The Balaban J connectivity index is 0.00000264. The lowest BCUT2D eigenvalue weighted by Gasteiger charge is -2.21. The largest absolute Gasteiger partial charge is 0.357 e. The number of hydrogen-bond donors (Lipinski definition) is 1. The van der Waals surface area contributed by atoms with Gasteiger partial charge in [0.15, 0.2) is 5.96 Å². The molecule has 4 nitrogen and oxygen atoms in total. The van der Waals surface area contributed by atoms with Crippen LogP contribution in [-0.4, -0.2) is 42.5 Å². The molecule has 0 bridgehead atoms. The van der Waals surface area contributed by atoms with Crippen LogP contribution in [0.15, 0.2) is 46.9 Å². The summed E-state index contributed by atoms with van der Waals surface area (Å²) in [6, 6.07) is 10.3. The lowest BCUT2D eigenvalue weighted by Crippen LogP contribution is -2.40. The zero-order chi connectivity index (χ0) is 15.6. The van der Waals surface area contributed by atoms with Crippen LogP contribution in [0.1, 0.15) is 17.5 Å². The van der Waals surface area contributed by atoms with Crippen LogP contribution in [0, 0.1) is 0 Å². The highest BCUT2D eigenvalue weighted by molar-refractivity contribution is 14.0. The number of thiophene rings is 1. The summed E-state index contributed by atoms with van der Waals surface area (Å²) in [6.07, 6.45) is 3.75. The van der Waals surface area contributed by atoms with Crippen LogP contribution in [0.2, 0.25) is 0 Å². The quantitative estimate of drug-likeness (QED) is 0.404. The molecule has 6 heteroatoms. The van der Waals surface area contributed by atoms with Crippen molar-refractivity contribution in [3.05, 3.63) is 52.5 Å². The molecule has 0 saturated carbocycles. The van der Waals surface area contributed by atoms with Crippen LogP contribution in [0.25, 0.3) is 0 Å². The summed E-state index contributed by atoms with van der Waals surface area (Å²) >= 11 is 1.81. The lowest BCUT2D eigenvalue weighted by atomic mass is 10.3. The van der Waals surface area contributed by atoms with Gasteiger partial charge in [0, 0.05) is 49.9 Å². The van der Waals surface area contributed by atoms with Crippen molar-refractivity contribution in [2.45, 2.75) is 19.8 Å². The van der Waals surface area contributed by atoms with Crippen LogP contribution in [0.3, 0.4) is 0 Å². The number of guanidine groups is 1. The van der Waals surface area contributed by atoms with Gasteiger partial charge < -0.3 is 10.2 Å². The van der Waals surface area contributed by atoms with Crippen molar-refractivity contribution in [1.29, 1.82) is 0 Å². The fourth-order valence-corrected chi connectivity index (χ4v) is 2.83. The van der Waals surface area contributed by atoms with Gasteiger partial charge in [0.05, 0.1) is 0 Å². The van der Waals surface area contributed by atoms with Gasteiger partial charge in [0.2, 0.25) is 0 Å². The van der Waals surface area contributed by atoms with Gasteiger partial charge >= 0.3 is 0 Å². The molecule has 0 radical (unpaired) electrons. The maximum Gasteiger partial charge on any atom is 0.193 e. The highest BCUT2D eigenvalue weighted by Crippen LogP contribution is 2.09. The molecule has 0 spiro atoms. The third-order valence-electron chi connectivity index (χ3n) is 3.33.